The van der Waals surface area contributed by atoms with E-state index in [4.69, 9.17) is 9.26 Å². The number of benzene rings is 1. The molecule has 8 heteroatoms. The van der Waals surface area contributed by atoms with E-state index in [2.05, 4.69) is 10.3 Å². The van der Waals surface area contributed by atoms with Crippen LogP contribution in [0.25, 0.3) is 11.3 Å². The Kier molecular flexibility index (Phi) is 5.07. The van der Waals surface area contributed by atoms with Crippen LogP contribution in [-0.2, 0) is 7.05 Å². The smallest absolute Gasteiger partial charge is 0.276 e. The van der Waals surface area contributed by atoms with E-state index in [-0.39, 0.29) is 29.4 Å². The van der Waals surface area contributed by atoms with Gasteiger partial charge in [0.15, 0.2) is 17.2 Å². The summed E-state index contributed by atoms with van der Waals surface area (Å²) < 4.78 is 13.4. The average molecular weight is 434 g/mol. The molecule has 8 nitrogen and oxygen atoms in total. The van der Waals surface area contributed by atoms with Crippen molar-refractivity contribution < 1.29 is 18.8 Å². The molecule has 1 saturated heterocycles. The summed E-state index contributed by atoms with van der Waals surface area (Å²) in [4.78, 5) is 27.6. The fourth-order valence-electron chi connectivity index (χ4n) is 4.63. The van der Waals surface area contributed by atoms with E-state index in [1.807, 2.05) is 39.1 Å². The molecule has 0 radical (unpaired) electrons. The van der Waals surface area contributed by atoms with Gasteiger partial charge in [0.2, 0.25) is 0 Å². The highest BCUT2D eigenvalue weighted by Gasteiger charge is 2.36. The Morgan fingerprint density at radius 2 is 2.03 bits per heavy atom. The number of piperidine rings is 1. The van der Waals surface area contributed by atoms with E-state index in [0.717, 1.165) is 29.7 Å². The lowest BCUT2D eigenvalue weighted by Gasteiger charge is -2.38. The van der Waals surface area contributed by atoms with Crippen LogP contribution >= 0.6 is 0 Å². The van der Waals surface area contributed by atoms with Crippen LogP contribution in [0.4, 0.5) is 0 Å². The number of aryl methyl sites for hydroxylation is 2. The van der Waals surface area contributed by atoms with Crippen LogP contribution in [0.5, 0.6) is 5.75 Å². The van der Waals surface area contributed by atoms with Crippen molar-refractivity contribution in [1.82, 2.24) is 19.8 Å². The van der Waals surface area contributed by atoms with Gasteiger partial charge in [-0.1, -0.05) is 16.8 Å². The van der Waals surface area contributed by atoms with Crippen LogP contribution < -0.4 is 4.74 Å². The molecule has 2 atom stereocenters. The quantitative estimate of drug-likeness (QED) is 0.626. The van der Waals surface area contributed by atoms with Gasteiger partial charge < -0.3 is 14.2 Å². The van der Waals surface area contributed by atoms with E-state index in [1.165, 1.54) is 0 Å². The Balaban J connectivity index is 1.30. The number of rotatable bonds is 3. The van der Waals surface area contributed by atoms with E-state index >= 15 is 0 Å². The molecule has 2 aliphatic rings. The van der Waals surface area contributed by atoms with E-state index in [0.29, 0.717) is 36.6 Å². The van der Waals surface area contributed by atoms with Crippen molar-refractivity contribution in [2.75, 3.05) is 13.1 Å². The second-order valence-electron chi connectivity index (χ2n) is 8.78. The second-order valence-corrected chi connectivity index (χ2v) is 8.78. The third-order valence-electron chi connectivity index (χ3n) is 6.60. The molecule has 3 aromatic rings. The molecule has 166 valence electrons. The van der Waals surface area contributed by atoms with Gasteiger partial charge in [0.25, 0.3) is 5.91 Å². The third kappa shape index (κ3) is 3.59. The summed E-state index contributed by atoms with van der Waals surface area (Å²) in [6, 6.07) is 7.39. The van der Waals surface area contributed by atoms with Crippen LogP contribution in [0, 0.1) is 19.8 Å². The molecule has 1 aromatic carbocycles. The summed E-state index contributed by atoms with van der Waals surface area (Å²) >= 11 is 0. The Bertz CT molecular complexity index is 1190. The summed E-state index contributed by atoms with van der Waals surface area (Å²) in [6.45, 7) is 5.09. The molecule has 0 spiro atoms. The zero-order valence-electron chi connectivity index (χ0n) is 18.5. The molecule has 1 amide bonds. The molecular weight excluding hydrogens is 408 g/mol. The van der Waals surface area contributed by atoms with Gasteiger partial charge in [-0.15, -0.1) is 0 Å². The summed E-state index contributed by atoms with van der Waals surface area (Å²) in [5.41, 5.74) is 3.74. The second kappa shape index (κ2) is 7.93. The third-order valence-corrected chi connectivity index (χ3v) is 6.60. The number of carbonyl (C=O) groups is 2. The molecule has 0 saturated carbocycles. The molecule has 0 unspecified atom stereocenters. The summed E-state index contributed by atoms with van der Waals surface area (Å²) in [5.74, 6) is 1.22. The first-order valence-corrected chi connectivity index (χ1v) is 11.0. The molecule has 4 heterocycles. The monoisotopic (exact) mass is 434 g/mol. The molecular formula is C24H26N4O4. The molecule has 1 fully saturated rings. The van der Waals surface area contributed by atoms with Gasteiger partial charge in [0.1, 0.15) is 11.9 Å². The fraction of sp³-hybridized carbons (Fsp3) is 0.417. The van der Waals surface area contributed by atoms with Crippen molar-refractivity contribution in [3.63, 3.8) is 0 Å². The van der Waals surface area contributed by atoms with Crippen LogP contribution in [0.2, 0.25) is 0 Å². The maximum absolute atomic E-state index is 13.1. The van der Waals surface area contributed by atoms with E-state index in [9.17, 15) is 9.59 Å². The summed E-state index contributed by atoms with van der Waals surface area (Å²) in [5, 5.41) is 8.23. The minimum absolute atomic E-state index is 0.0954. The molecule has 0 bridgehead atoms. The van der Waals surface area contributed by atoms with Crippen molar-refractivity contribution in [2.24, 2.45) is 13.0 Å². The highest BCUT2D eigenvalue weighted by Crippen LogP contribution is 2.34. The summed E-state index contributed by atoms with van der Waals surface area (Å²) in [6.07, 6.45) is 3.61. The zero-order valence-corrected chi connectivity index (χ0v) is 18.5. The van der Waals surface area contributed by atoms with Crippen molar-refractivity contribution >= 4 is 11.7 Å². The van der Waals surface area contributed by atoms with Gasteiger partial charge in [0, 0.05) is 44.2 Å². The topological polar surface area (TPSA) is 90.5 Å². The number of likely N-dealkylation sites (tertiary alicyclic amines) is 1. The predicted octanol–water partition coefficient (Wildman–Crippen LogP) is 3.58. The van der Waals surface area contributed by atoms with Crippen LogP contribution in [0.15, 0.2) is 35.0 Å². The number of ether oxygens (including phenoxy) is 1. The van der Waals surface area contributed by atoms with Crippen LogP contribution in [0.1, 0.15) is 51.4 Å². The number of hydrogen-bond donors (Lipinski definition) is 0. The van der Waals surface area contributed by atoms with Gasteiger partial charge in [-0.05, 0) is 38.8 Å². The number of ketones is 1. The standard InChI is InChI=1S/C24H26N4O4/c1-14-6-7-21-17(9-14)20(29)11-22(31-21)16-5-4-8-28(13-16)24(30)19-10-23(32-26-19)18-12-25-27(3)15(18)2/h6-7,9-10,12,16,22H,4-5,8,11,13H2,1-3H3/t16-,22-/m0/s1. The highest BCUT2D eigenvalue weighted by molar-refractivity contribution is 6.00. The molecule has 0 N–H and O–H groups in total. The molecule has 0 aliphatic carbocycles. The lowest BCUT2D eigenvalue weighted by atomic mass is 9.86. The number of aromatic nitrogens is 3. The number of amides is 1. The number of carbonyl (C=O) groups excluding carboxylic acids is 2. The maximum atomic E-state index is 13.1. The van der Waals surface area contributed by atoms with Crippen molar-refractivity contribution in [3.8, 4) is 17.1 Å². The first-order valence-electron chi connectivity index (χ1n) is 11.0. The average Bonchev–Trinajstić information content (AvgIpc) is 3.41. The van der Waals surface area contributed by atoms with Gasteiger partial charge in [-0.25, -0.2) is 0 Å². The minimum Gasteiger partial charge on any atom is -0.489 e. The van der Waals surface area contributed by atoms with Gasteiger partial charge in [0.05, 0.1) is 17.3 Å². The van der Waals surface area contributed by atoms with Crippen molar-refractivity contribution in [1.29, 1.82) is 0 Å². The van der Waals surface area contributed by atoms with E-state index in [1.54, 1.807) is 21.8 Å². The van der Waals surface area contributed by atoms with Crippen molar-refractivity contribution in [2.45, 2.75) is 39.2 Å². The largest absolute Gasteiger partial charge is 0.489 e. The minimum atomic E-state index is -0.223. The Hall–Kier alpha value is -3.42. The van der Waals surface area contributed by atoms with Crippen LogP contribution in [-0.4, -0.2) is 50.7 Å². The highest BCUT2D eigenvalue weighted by atomic mass is 16.5. The Morgan fingerprint density at radius 3 is 2.81 bits per heavy atom. The molecule has 5 rings (SSSR count). The molecule has 32 heavy (non-hydrogen) atoms. The SMILES string of the molecule is Cc1ccc2c(c1)C(=O)C[C@@H]([C@H]1CCCN(C(=O)c3cc(-c4cnn(C)c4C)on3)C1)O2. The molecule has 2 aliphatic heterocycles. The number of fused-ring (bicyclic) bond motifs is 1. The normalized spacial score (nSPS) is 20.7. The first-order chi connectivity index (χ1) is 15.4. The summed E-state index contributed by atoms with van der Waals surface area (Å²) in [7, 11) is 1.85. The zero-order chi connectivity index (χ0) is 22.4. The first kappa shape index (κ1) is 20.5. The maximum Gasteiger partial charge on any atom is 0.276 e. The van der Waals surface area contributed by atoms with E-state index < -0.39 is 0 Å². The Labute approximate surface area is 186 Å². The fourth-order valence-corrected chi connectivity index (χ4v) is 4.63. The molecule has 2 aromatic heterocycles. The van der Waals surface area contributed by atoms with Crippen LogP contribution in [0.3, 0.4) is 0 Å². The van der Waals surface area contributed by atoms with Gasteiger partial charge in [-0.2, -0.15) is 5.10 Å². The Morgan fingerprint density at radius 1 is 1.19 bits per heavy atom. The van der Waals surface area contributed by atoms with Gasteiger partial charge >= 0.3 is 0 Å². The number of hydrogen-bond acceptors (Lipinski definition) is 6. The number of nitrogens with zero attached hydrogens (tertiary/aromatic N) is 4. The number of Topliss-reactive ketones (excluding diaryl/α,β-unsaturated/α-hetero) is 1. The lowest BCUT2D eigenvalue weighted by molar-refractivity contribution is 0.0403. The lowest BCUT2D eigenvalue weighted by Crippen LogP contribution is -2.46. The predicted molar refractivity (Wildman–Crippen MR) is 117 cm³/mol. The van der Waals surface area contributed by atoms with Crippen molar-refractivity contribution in [3.05, 3.63) is 53.0 Å². The van der Waals surface area contributed by atoms with Gasteiger partial charge in [-0.3, -0.25) is 14.3 Å².